The summed E-state index contributed by atoms with van der Waals surface area (Å²) in [5.41, 5.74) is 19.5. The van der Waals surface area contributed by atoms with Gasteiger partial charge in [-0.15, -0.1) is 23.5 Å². The number of hydrogen-bond donors (Lipinski definition) is 19. The number of H-pyrrole nitrogens is 1. The summed E-state index contributed by atoms with van der Waals surface area (Å²) in [5, 5.41) is 79.3. The van der Waals surface area contributed by atoms with Crippen LogP contribution in [0.5, 0.6) is 5.75 Å². The number of aliphatic hydroxyl groups excluding tert-OH is 4. The number of benzene rings is 3. The number of para-hydroxylation sites is 1. The van der Waals surface area contributed by atoms with Crippen molar-refractivity contribution in [1.29, 1.82) is 0 Å². The van der Waals surface area contributed by atoms with Crippen molar-refractivity contribution >= 4 is 99.4 Å². The summed E-state index contributed by atoms with van der Waals surface area (Å²) in [4.78, 5) is 156. The van der Waals surface area contributed by atoms with E-state index in [1.54, 1.807) is 60.8 Å². The quantitative estimate of drug-likeness (QED) is 0.0184. The van der Waals surface area contributed by atoms with Crippen molar-refractivity contribution < 1.29 is 83.0 Å². The number of ether oxygens (including phenoxy) is 1. The van der Waals surface area contributed by atoms with Crippen molar-refractivity contribution in [1.82, 2.24) is 58.2 Å². The molecule has 5 rings (SSSR count). The number of aromatic nitrogens is 1. The average molecular weight is 1450 g/mol. The maximum atomic E-state index is 15.3. The Morgan fingerprint density at radius 2 is 1.08 bits per heavy atom. The molecule has 0 aliphatic carbocycles. The SMILES string of the molecule is CCCCCCCCCCC(N)C(=O)N[C@H](Cc1ccccc1)C(=O)N[C@@H](CSCNC(C)=O)C(=O)NC(C(=O)N[C@@H](Cc1c[nH]c2ccccc12)C(=O)N[C@@H](CCCCN)C(=O)N[C@@H](CSCNC(C)=O)C(=O)N[C@H](C(=O)NC1OC(C(N)=O)C(O)C(O)C1O)[C@@H](C)O)c1ccc(O)cc1. The van der Waals surface area contributed by atoms with E-state index in [-0.39, 0.29) is 72.7 Å². The molecule has 4 aromatic rings. The molecule has 1 aromatic heterocycles. The number of carbonyl (C=O) groups is 11. The van der Waals surface area contributed by atoms with Crippen LogP contribution in [0.1, 0.15) is 127 Å². The summed E-state index contributed by atoms with van der Waals surface area (Å²) < 4.78 is 5.28. The van der Waals surface area contributed by atoms with E-state index < -0.39 is 144 Å². The standard InChI is InChI=1S/C68H100N14O17S2/c1-5-6-7-8-9-10-11-15-23-46(70)60(91)76-49(31-41-20-13-12-14-21-41)62(93)79-52(35-101-37-74-40(4)85)65(96)81-54(42-26-28-44(86)29-27-42)67(98)77-50(32-43-33-72-47-24-17-16-22-45(43)47)63(94)75-48(25-18-19-30-69)61(92)78-51(34-100-36-73-39(3)84)64(95)80-53(38(2)83)66(97)82-68-57(89)55(87)56(88)58(99-68)59(71)90/h12-14,16-17,20-22,24,26-29,33,38,46,48-58,68,72,83,86-89H,5-11,15,18-19,23,25,30-32,34-37,69-70H2,1-4H3,(H2,71,90)(H,73,84)(H,74,85)(H,75,94)(H,76,91)(H,77,98)(H,78,92)(H,79,93)(H,80,95)(H,81,96)(H,82,97)/t38-,46?,48+,49-,50+,51+,52+,53+,54?,55?,56?,57?,58?,68?/m1/s1. The predicted octanol–water partition coefficient (Wildman–Crippen LogP) is -1.14. The lowest BCUT2D eigenvalue weighted by Crippen LogP contribution is -2.67. The van der Waals surface area contributed by atoms with Gasteiger partial charge in [0.15, 0.2) is 12.3 Å². The zero-order valence-electron chi connectivity index (χ0n) is 57.3. The van der Waals surface area contributed by atoms with Gasteiger partial charge >= 0.3 is 0 Å². The number of hydrogen-bond acceptors (Lipinski definition) is 21. The van der Waals surface area contributed by atoms with Crippen LogP contribution in [-0.2, 0) is 70.3 Å². The van der Waals surface area contributed by atoms with Gasteiger partial charge in [0.05, 0.1) is 23.9 Å². The molecular formula is C68H100N14O17S2. The summed E-state index contributed by atoms with van der Waals surface area (Å²) in [6, 6.07) is 9.08. The highest BCUT2D eigenvalue weighted by Gasteiger charge is 2.48. The molecule has 0 radical (unpaired) electrons. The molecule has 0 saturated carbocycles. The Bertz CT molecular complexity index is 3350. The molecule has 31 nitrogen and oxygen atoms in total. The molecule has 556 valence electrons. The van der Waals surface area contributed by atoms with Gasteiger partial charge in [0.25, 0.3) is 0 Å². The summed E-state index contributed by atoms with van der Waals surface area (Å²) in [6.45, 7) is 5.95. The van der Waals surface area contributed by atoms with Gasteiger partial charge in [0.2, 0.25) is 65.0 Å². The van der Waals surface area contributed by atoms with Gasteiger partial charge in [-0.2, -0.15) is 0 Å². The number of primary amides is 1. The highest BCUT2D eigenvalue weighted by atomic mass is 32.2. The Balaban J connectivity index is 1.46. The van der Waals surface area contributed by atoms with Gasteiger partial charge in [0, 0.05) is 55.3 Å². The van der Waals surface area contributed by atoms with Gasteiger partial charge in [0.1, 0.15) is 66.4 Å². The zero-order valence-corrected chi connectivity index (χ0v) is 58.9. The second kappa shape index (κ2) is 43.4. The van der Waals surface area contributed by atoms with Crippen LogP contribution >= 0.6 is 23.5 Å². The first-order chi connectivity index (χ1) is 48.2. The topological polar surface area (TPSA) is 512 Å². The fraction of sp³-hybridized carbons (Fsp3) is 0.544. The van der Waals surface area contributed by atoms with E-state index >= 15 is 9.59 Å². The minimum Gasteiger partial charge on any atom is -0.508 e. The van der Waals surface area contributed by atoms with E-state index in [4.69, 9.17) is 21.9 Å². The normalized spacial score (nSPS) is 18.5. The number of nitrogens with one attached hydrogen (secondary N) is 11. The number of aromatic amines is 1. The third-order valence-corrected chi connectivity index (χ3v) is 18.5. The lowest BCUT2D eigenvalue weighted by atomic mass is 9.97. The number of phenolic OH excluding ortho intramolecular Hbond substituents is 1. The second-order valence-electron chi connectivity index (χ2n) is 24.8. The van der Waals surface area contributed by atoms with Crippen LogP contribution in [0.2, 0.25) is 0 Å². The largest absolute Gasteiger partial charge is 0.508 e. The van der Waals surface area contributed by atoms with E-state index in [1.807, 2.05) is 0 Å². The zero-order chi connectivity index (χ0) is 74.1. The van der Waals surface area contributed by atoms with E-state index in [0.717, 1.165) is 69.0 Å². The Morgan fingerprint density at radius 1 is 0.564 bits per heavy atom. The molecule has 1 fully saturated rings. The first-order valence-electron chi connectivity index (χ1n) is 33.8. The first kappa shape index (κ1) is 83.3. The Morgan fingerprint density at radius 3 is 1.66 bits per heavy atom. The van der Waals surface area contributed by atoms with Crippen molar-refractivity contribution in [3.8, 4) is 5.75 Å². The maximum Gasteiger partial charge on any atom is 0.249 e. The number of fused-ring (bicyclic) bond motifs is 1. The molecule has 2 heterocycles. The van der Waals surface area contributed by atoms with Crippen LogP contribution in [0.4, 0.5) is 0 Å². The highest BCUT2D eigenvalue weighted by molar-refractivity contribution is 7.99. The Kier molecular flexibility index (Phi) is 35.8. The van der Waals surface area contributed by atoms with Crippen LogP contribution in [0.3, 0.4) is 0 Å². The number of phenols is 1. The fourth-order valence-corrected chi connectivity index (χ4v) is 12.7. The number of aromatic hydroxyl groups is 1. The molecule has 14 atom stereocenters. The molecule has 1 saturated heterocycles. The van der Waals surface area contributed by atoms with Gasteiger partial charge < -0.3 is 106 Å². The van der Waals surface area contributed by atoms with Crippen molar-refractivity contribution in [3.05, 3.63) is 102 Å². The Hall–Kier alpha value is -8.41. The van der Waals surface area contributed by atoms with Crippen LogP contribution in [0.25, 0.3) is 10.9 Å². The van der Waals surface area contributed by atoms with E-state index in [0.29, 0.717) is 41.3 Å². The van der Waals surface area contributed by atoms with Crippen LogP contribution in [0.15, 0.2) is 85.1 Å². The molecule has 1 aliphatic heterocycles. The number of aliphatic hydroxyl groups is 4. The van der Waals surface area contributed by atoms with Crippen molar-refractivity contribution in [3.63, 3.8) is 0 Å². The van der Waals surface area contributed by atoms with Crippen LogP contribution in [0, 0.1) is 0 Å². The number of unbranched alkanes of at least 4 members (excludes halogenated alkanes) is 8. The van der Waals surface area contributed by atoms with Crippen molar-refractivity contribution in [2.75, 3.05) is 29.8 Å². The molecule has 0 spiro atoms. The molecule has 11 amide bonds. The molecule has 3 aromatic carbocycles. The molecular weight excluding hydrogens is 1350 g/mol. The van der Waals surface area contributed by atoms with Crippen molar-refractivity contribution in [2.45, 2.75) is 203 Å². The van der Waals surface area contributed by atoms with E-state index in [1.165, 1.54) is 44.5 Å². The lowest BCUT2D eigenvalue weighted by molar-refractivity contribution is -0.226. The minimum atomic E-state index is -2.05. The monoisotopic (exact) mass is 1450 g/mol. The van der Waals surface area contributed by atoms with Gasteiger partial charge in [-0.25, -0.2) is 0 Å². The lowest BCUT2D eigenvalue weighted by Gasteiger charge is -2.40. The summed E-state index contributed by atoms with van der Waals surface area (Å²) in [6.07, 6.45) is -1.24. The Labute approximate surface area is 595 Å². The summed E-state index contributed by atoms with van der Waals surface area (Å²) in [5.74, 6) is -10.5. The average Bonchev–Trinajstić information content (AvgIpc) is 1.44. The van der Waals surface area contributed by atoms with Crippen molar-refractivity contribution in [2.24, 2.45) is 17.2 Å². The van der Waals surface area contributed by atoms with Gasteiger partial charge in [-0.3, -0.25) is 52.7 Å². The molecule has 22 N–H and O–H groups in total. The fourth-order valence-electron chi connectivity index (χ4n) is 10.9. The number of thioether (sulfide) groups is 2. The number of rotatable bonds is 44. The second-order valence-corrected chi connectivity index (χ2v) is 26.9. The molecule has 1 aliphatic rings. The predicted molar refractivity (Wildman–Crippen MR) is 379 cm³/mol. The summed E-state index contributed by atoms with van der Waals surface area (Å²) >= 11 is 2.00. The molecule has 33 heteroatoms. The first-order valence-corrected chi connectivity index (χ1v) is 36.1. The van der Waals surface area contributed by atoms with E-state index in [2.05, 4.69) is 65.1 Å². The van der Waals surface area contributed by atoms with Gasteiger partial charge in [-0.05, 0) is 74.0 Å². The minimum absolute atomic E-state index is 0.0102. The van der Waals surface area contributed by atoms with E-state index in [9.17, 15) is 68.7 Å². The third kappa shape index (κ3) is 27.8. The molecule has 101 heavy (non-hydrogen) atoms. The number of carbonyl (C=O) groups excluding carboxylic acids is 11. The highest BCUT2D eigenvalue weighted by Crippen LogP contribution is 2.24. The van der Waals surface area contributed by atoms with Gasteiger partial charge in [-0.1, -0.05) is 119 Å². The third-order valence-electron chi connectivity index (χ3n) is 16.6. The maximum absolute atomic E-state index is 15.3. The molecule has 7 unspecified atom stereocenters. The number of amides is 11. The van der Waals surface area contributed by atoms with Crippen LogP contribution < -0.4 is 70.4 Å². The number of nitrogens with two attached hydrogens (primary N) is 3. The summed E-state index contributed by atoms with van der Waals surface area (Å²) in [7, 11) is 0. The smallest absolute Gasteiger partial charge is 0.249 e. The van der Waals surface area contributed by atoms with Crippen LogP contribution in [-0.4, -0.2) is 204 Å². The molecule has 0 bridgehead atoms.